The first-order valence-electron chi connectivity index (χ1n) is 9.72. The molecule has 2 aromatic carbocycles. The molecule has 0 unspecified atom stereocenters. The number of hydrogen-bond acceptors (Lipinski definition) is 6. The maximum atomic E-state index is 13.0. The van der Waals surface area contributed by atoms with Crippen LogP contribution in [0.5, 0.6) is 5.75 Å². The highest BCUT2D eigenvalue weighted by Gasteiger charge is 2.33. The van der Waals surface area contributed by atoms with Crippen molar-refractivity contribution in [3.8, 4) is 5.75 Å². The number of pyridine rings is 1. The molecule has 0 aliphatic carbocycles. The number of β-amino-alcohol motifs (C(OH)–C–C–N with tert-alkyl or cyclic N) is 1. The normalized spacial score (nSPS) is 18.8. The van der Waals surface area contributed by atoms with Gasteiger partial charge in [0.1, 0.15) is 18.0 Å². The molecule has 1 aliphatic rings. The predicted octanol–water partition coefficient (Wildman–Crippen LogP) is 2.68. The Balaban J connectivity index is 1.45. The number of nitrogens with zero attached hydrogens (tertiary/aromatic N) is 2. The maximum absolute atomic E-state index is 13.0. The molecule has 4 rings (SSSR count). The van der Waals surface area contributed by atoms with Gasteiger partial charge in [0.25, 0.3) is 5.91 Å². The van der Waals surface area contributed by atoms with Crippen LogP contribution < -0.4 is 4.74 Å². The van der Waals surface area contributed by atoms with Crippen molar-refractivity contribution in [2.45, 2.75) is 18.6 Å². The van der Waals surface area contributed by atoms with E-state index < -0.39 is 18.2 Å². The fourth-order valence-electron chi connectivity index (χ4n) is 3.67. The first-order valence-corrected chi connectivity index (χ1v) is 9.72. The van der Waals surface area contributed by atoms with Crippen LogP contribution in [-0.2, 0) is 4.74 Å². The third kappa shape index (κ3) is 3.97. The van der Waals surface area contributed by atoms with E-state index in [2.05, 4.69) is 4.98 Å². The summed E-state index contributed by atoms with van der Waals surface area (Å²) in [6.07, 6.45) is 2.69. The summed E-state index contributed by atoms with van der Waals surface area (Å²) in [6, 6.07) is 14.1. The number of methoxy groups -OCH3 is 1. The number of benzene rings is 2. The lowest BCUT2D eigenvalue weighted by molar-refractivity contribution is -0.0198. The Morgan fingerprint density at radius 1 is 1.10 bits per heavy atom. The molecule has 0 bridgehead atoms. The number of hydrogen-bond donors (Lipinski definition) is 1. The lowest BCUT2D eigenvalue weighted by Gasteiger charge is -2.36. The second-order valence-electron chi connectivity index (χ2n) is 7.19. The number of aromatic nitrogens is 1. The molecule has 0 spiro atoms. The summed E-state index contributed by atoms with van der Waals surface area (Å²) in [6.45, 7) is 0.527. The number of carbonyl (C=O) groups is 2. The van der Waals surface area contributed by atoms with Gasteiger partial charge < -0.3 is 19.5 Å². The monoisotopic (exact) mass is 406 g/mol. The Kier molecular flexibility index (Phi) is 5.63. The first kappa shape index (κ1) is 19.8. The molecular formula is C23H22N2O5. The zero-order valence-electron chi connectivity index (χ0n) is 16.5. The van der Waals surface area contributed by atoms with Crippen molar-refractivity contribution in [2.24, 2.45) is 0 Å². The lowest BCUT2D eigenvalue weighted by Crippen LogP contribution is -2.51. The molecule has 3 aromatic rings. The van der Waals surface area contributed by atoms with Crippen LogP contribution in [0.15, 0.2) is 60.9 Å². The van der Waals surface area contributed by atoms with E-state index in [0.29, 0.717) is 18.7 Å². The average Bonchev–Trinajstić information content (AvgIpc) is 2.79. The van der Waals surface area contributed by atoms with Gasteiger partial charge in [-0.05, 0) is 35.7 Å². The van der Waals surface area contributed by atoms with Gasteiger partial charge in [-0.1, -0.05) is 18.2 Å². The van der Waals surface area contributed by atoms with Crippen molar-refractivity contribution >= 4 is 22.6 Å². The quantitative estimate of drug-likeness (QED) is 0.670. The SMILES string of the molecule is COC(=O)c1ccccc1C(=O)N1CC[C@@H](Oc2ccc3ccncc3c2)[C@H](O)C1. The number of rotatable bonds is 4. The summed E-state index contributed by atoms with van der Waals surface area (Å²) < 4.78 is 10.8. The van der Waals surface area contributed by atoms with Crippen LogP contribution in [0.25, 0.3) is 10.8 Å². The Hall–Kier alpha value is -3.45. The molecule has 2 atom stereocenters. The summed E-state index contributed by atoms with van der Waals surface area (Å²) in [4.78, 5) is 30.6. The van der Waals surface area contributed by atoms with E-state index in [1.807, 2.05) is 24.3 Å². The number of likely N-dealkylation sites (tertiary alicyclic amines) is 1. The number of esters is 1. The highest BCUT2D eigenvalue weighted by Crippen LogP contribution is 2.25. The van der Waals surface area contributed by atoms with Crippen LogP contribution >= 0.6 is 0 Å². The van der Waals surface area contributed by atoms with Gasteiger partial charge in [0.15, 0.2) is 0 Å². The van der Waals surface area contributed by atoms with Gasteiger partial charge in [0, 0.05) is 30.7 Å². The minimum absolute atomic E-state index is 0.119. The van der Waals surface area contributed by atoms with Crippen LogP contribution in [0.4, 0.5) is 0 Å². The number of amides is 1. The first-order chi connectivity index (χ1) is 14.6. The minimum atomic E-state index is -0.849. The second kappa shape index (κ2) is 8.51. The van der Waals surface area contributed by atoms with Crippen molar-refractivity contribution in [3.05, 3.63) is 72.1 Å². The van der Waals surface area contributed by atoms with Gasteiger partial charge >= 0.3 is 5.97 Å². The largest absolute Gasteiger partial charge is 0.488 e. The van der Waals surface area contributed by atoms with Gasteiger partial charge in [0.2, 0.25) is 0 Å². The molecule has 2 heterocycles. The van der Waals surface area contributed by atoms with Crippen LogP contribution in [0.1, 0.15) is 27.1 Å². The Labute approximate surface area is 173 Å². The number of carbonyl (C=O) groups excluding carboxylic acids is 2. The predicted molar refractivity (Wildman–Crippen MR) is 110 cm³/mol. The number of ether oxygens (including phenoxy) is 2. The van der Waals surface area contributed by atoms with Crippen LogP contribution in [0.2, 0.25) is 0 Å². The van der Waals surface area contributed by atoms with Gasteiger partial charge in [-0.3, -0.25) is 9.78 Å². The summed E-state index contributed by atoms with van der Waals surface area (Å²) >= 11 is 0. The lowest BCUT2D eigenvalue weighted by atomic mass is 10.0. The summed E-state index contributed by atoms with van der Waals surface area (Å²) in [5.74, 6) is -0.232. The maximum Gasteiger partial charge on any atom is 0.338 e. The van der Waals surface area contributed by atoms with Crippen LogP contribution in [0.3, 0.4) is 0 Å². The second-order valence-corrected chi connectivity index (χ2v) is 7.19. The van der Waals surface area contributed by atoms with Crippen LogP contribution in [0, 0.1) is 0 Å². The summed E-state index contributed by atoms with van der Waals surface area (Å²) in [5, 5.41) is 12.6. The van der Waals surface area contributed by atoms with E-state index in [1.54, 1.807) is 36.7 Å². The minimum Gasteiger partial charge on any atom is -0.488 e. The molecule has 1 fully saturated rings. The smallest absolute Gasteiger partial charge is 0.338 e. The zero-order valence-corrected chi connectivity index (χ0v) is 16.5. The molecule has 0 radical (unpaired) electrons. The summed E-state index contributed by atoms with van der Waals surface area (Å²) in [5.41, 5.74) is 0.473. The number of fused-ring (bicyclic) bond motifs is 1. The molecule has 1 saturated heterocycles. The molecular weight excluding hydrogens is 384 g/mol. The van der Waals surface area contributed by atoms with Gasteiger partial charge in [0.05, 0.1) is 24.8 Å². The third-order valence-electron chi connectivity index (χ3n) is 5.27. The summed E-state index contributed by atoms with van der Waals surface area (Å²) in [7, 11) is 1.28. The number of aliphatic hydroxyl groups is 1. The number of aliphatic hydroxyl groups excluding tert-OH is 1. The molecule has 154 valence electrons. The topological polar surface area (TPSA) is 89.0 Å². The molecule has 1 aliphatic heterocycles. The Morgan fingerprint density at radius 3 is 2.67 bits per heavy atom. The zero-order chi connectivity index (χ0) is 21.1. The van der Waals surface area contributed by atoms with E-state index in [-0.39, 0.29) is 23.6 Å². The van der Waals surface area contributed by atoms with Crippen molar-refractivity contribution in [1.82, 2.24) is 9.88 Å². The fraction of sp³-hybridized carbons (Fsp3) is 0.261. The molecule has 1 amide bonds. The Morgan fingerprint density at radius 2 is 1.90 bits per heavy atom. The molecule has 0 saturated carbocycles. The van der Waals surface area contributed by atoms with Crippen molar-refractivity contribution in [1.29, 1.82) is 0 Å². The van der Waals surface area contributed by atoms with E-state index in [4.69, 9.17) is 9.47 Å². The molecule has 7 nitrogen and oxygen atoms in total. The molecule has 1 N–H and O–H groups in total. The Bertz CT molecular complexity index is 1080. The van der Waals surface area contributed by atoms with Gasteiger partial charge in [-0.25, -0.2) is 4.79 Å². The highest BCUT2D eigenvalue weighted by molar-refractivity contribution is 6.05. The molecule has 1 aromatic heterocycles. The standard InChI is InChI=1S/C23H22N2O5/c1-29-23(28)19-5-3-2-4-18(19)22(27)25-11-9-21(20(26)14-25)30-17-7-6-15-8-10-24-13-16(15)12-17/h2-8,10,12-13,20-21,26H,9,11,14H2,1H3/t20-,21-/m1/s1. The van der Waals surface area contributed by atoms with Crippen molar-refractivity contribution in [3.63, 3.8) is 0 Å². The van der Waals surface area contributed by atoms with E-state index in [0.717, 1.165) is 10.8 Å². The average molecular weight is 406 g/mol. The van der Waals surface area contributed by atoms with Gasteiger partial charge in [-0.2, -0.15) is 0 Å². The third-order valence-corrected chi connectivity index (χ3v) is 5.27. The number of piperidine rings is 1. The van der Waals surface area contributed by atoms with Crippen LogP contribution in [-0.4, -0.2) is 59.3 Å². The van der Waals surface area contributed by atoms with Crippen molar-refractivity contribution < 1.29 is 24.2 Å². The van der Waals surface area contributed by atoms with Gasteiger partial charge in [-0.15, -0.1) is 0 Å². The molecule has 30 heavy (non-hydrogen) atoms. The van der Waals surface area contributed by atoms with E-state index >= 15 is 0 Å². The molecule has 7 heteroatoms. The van der Waals surface area contributed by atoms with E-state index in [9.17, 15) is 14.7 Å². The van der Waals surface area contributed by atoms with Crippen molar-refractivity contribution in [2.75, 3.05) is 20.2 Å². The highest BCUT2D eigenvalue weighted by atomic mass is 16.5. The fourth-order valence-corrected chi connectivity index (χ4v) is 3.67. The van der Waals surface area contributed by atoms with E-state index in [1.165, 1.54) is 12.0 Å².